The lowest BCUT2D eigenvalue weighted by Crippen LogP contribution is -2.52. The van der Waals surface area contributed by atoms with E-state index in [-0.39, 0.29) is 12.1 Å². The van der Waals surface area contributed by atoms with E-state index in [1.165, 1.54) is 0 Å². The van der Waals surface area contributed by atoms with Crippen LogP contribution in [0.4, 0.5) is 0 Å². The van der Waals surface area contributed by atoms with Gasteiger partial charge in [-0.05, 0) is 6.92 Å². The standard InChI is InChI=1S/C8H18NO2/c1-7(11-5)8(6-10)9(2,3)4/h6-8H,1-5H3/q+1. The highest BCUT2D eigenvalue weighted by atomic mass is 16.5. The first-order valence-electron chi connectivity index (χ1n) is 3.72. The van der Waals surface area contributed by atoms with Gasteiger partial charge in [0.05, 0.1) is 21.1 Å². The number of carbonyl (C=O) groups is 1. The van der Waals surface area contributed by atoms with Gasteiger partial charge in [0.1, 0.15) is 6.10 Å². The van der Waals surface area contributed by atoms with Gasteiger partial charge in [-0.25, -0.2) is 0 Å². The van der Waals surface area contributed by atoms with Crippen LogP contribution in [0.2, 0.25) is 0 Å². The predicted octanol–water partition coefficient (Wildman–Crippen LogP) is 0.295. The third-order valence-electron chi connectivity index (χ3n) is 1.89. The fourth-order valence-corrected chi connectivity index (χ4v) is 1.06. The van der Waals surface area contributed by atoms with Crippen molar-refractivity contribution in [2.24, 2.45) is 0 Å². The van der Waals surface area contributed by atoms with Crippen molar-refractivity contribution in [3.63, 3.8) is 0 Å². The zero-order valence-electron chi connectivity index (χ0n) is 8.00. The van der Waals surface area contributed by atoms with Crippen LogP contribution in [0.5, 0.6) is 0 Å². The Morgan fingerprint density at radius 2 is 1.82 bits per heavy atom. The molecular weight excluding hydrogens is 142 g/mol. The molecule has 0 aromatic heterocycles. The van der Waals surface area contributed by atoms with E-state index in [0.717, 1.165) is 6.29 Å². The number of ether oxygens (including phenoxy) is 1. The van der Waals surface area contributed by atoms with E-state index >= 15 is 0 Å². The number of nitrogens with zero attached hydrogens (tertiary/aromatic N) is 1. The Bertz CT molecular complexity index is 129. The van der Waals surface area contributed by atoms with Crippen LogP contribution in [-0.4, -0.2) is 51.2 Å². The van der Waals surface area contributed by atoms with Crippen molar-refractivity contribution in [1.82, 2.24) is 0 Å². The summed E-state index contributed by atoms with van der Waals surface area (Å²) >= 11 is 0. The number of aldehydes is 1. The van der Waals surface area contributed by atoms with Gasteiger partial charge in [-0.15, -0.1) is 0 Å². The van der Waals surface area contributed by atoms with Crippen LogP contribution in [0.1, 0.15) is 6.92 Å². The third kappa shape index (κ3) is 2.99. The normalized spacial score (nSPS) is 17.5. The van der Waals surface area contributed by atoms with Crippen molar-refractivity contribution in [2.45, 2.75) is 19.1 Å². The summed E-state index contributed by atoms with van der Waals surface area (Å²) in [5, 5.41) is 0. The maximum absolute atomic E-state index is 10.7. The molecule has 3 heteroatoms. The smallest absolute Gasteiger partial charge is 0.179 e. The molecule has 0 saturated carbocycles. The molecule has 0 bridgehead atoms. The molecule has 0 heterocycles. The number of methoxy groups -OCH3 is 1. The van der Waals surface area contributed by atoms with Crippen LogP contribution < -0.4 is 0 Å². The second-order valence-corrected chi connectivity index (χ2v) is 3.68. The zero-order valence-corrected chi connectivity index (χ0v) is 8.00. The summed E-state index contributed by atoms with van der Waals surface area (Å²) in [7, 11) is 7.56. The van der Waals surface area contributed by atoms with Gasteiger partial charge in [0, 0.05) is 7.11 Å². The number of likely N-dealkylation sites (N-methyl/N-ethyl adjacent to an activating group) is 1. The first-order chi connectivity index (χ1) is 4.93. The molecule has 11 heavy (non-hydrogen) atoms. The highest BCUT2D eigenvalue weighted by Gasteiger charge is 2.28. The average molecular weight is 160 g/mol. The van der Waals surface area contributed by atoms with E-state index in [0.29, 0.717) is 4.48 Å². The first kappa shape index (κ1) is 10.6. The molecule has 66 valence electrons. The molecule has 0 amide bonds. The maximum Gasteiger partial charge on any atom is 0.179 e. The van der Waals surface area contributed by atoms with Gasteiger partial charge in [0.25, 0.3) is 0 Å². The number of hydrogen-bond acceptors (Lipinski definition) is 2. The highest BCUT2D eigenvalue weighted by molar-refractivity contribution is 5.56. The molecule has 0 aromatic rings. The lowest BCUT2D eigenvalue weighted by molar-refractivity contribution is -0.888. The lowest BCUT2D eigenvalue weighted by atomic mass is 10.1. The van der Waals surface area contributed by atoms with Gasteiger partial charge in [0.15, 0.2) is 12.3 Å². The quantitative estimate of drug-likeness (QED) is 0.436. The molecule has 0 radical (unpaired) electrons. The Hall–Kier alpha value is -0.410. The van der Waals surface area contributed by atoms with Crippen LogP contribution >= 0.6 is 0 Å². The van der Waals surface area contributed by atoms with Gasteiger partial charge < -0.3 is 9.22 Å². The van der Waals surface area contributed by atoms with Crippen LogP contribution in [0.25, 0.3) is 0 Å². The van der Waals surface area contributed by atoms with E-state index in [4.69, 9.17) is 4.74 Å². The number of carbonyl (C=O) groups excluding carboxylic acids is 1. The average Bonchev–Trinajstić information content (AvgIpc) is 1.86. The molecular formula is C8H18NO2+. The Morgan fingerprint density at radius 3 is 1.91 bits per heavy atom. The fraction of sp³-hybridized carbons (Fsp3) is 0.875. The topological polar surface area (TPSA) is 26.3 Å². The van der Waals surface area contributed by atoms with Gasteiger partial charge in [0.2, 0.25) is 0 Å². The van der Waals surface area contributed by atoms with Crippen LogP contribution in [0, 0.1) is 0 Å². The SMILES string of the molecule is COC(C)C(C=O)[N+](C)(C)C. The Morgan fingerprint density at radius 1 is 1.36 bits per heavy atom. The minimum absolute atomic E-state index is 0.0208. The molecule has 0 fully saturated rings. The van der Waals surface area contributed by atoms with Gasteiger partial charge >= 0.3 is 0 Å². The minimum atomic E-state index is -0.0833. The summed E-state index contributed by atoms with van der Waals surface area (Å²) in [5.74, 6) is 0. The third-order valence-corrected chi connectivity index (χ3v) is 1.89. The van der Waals surface area contributed by atoms with Crippen molar-refractivity contribution in [3.8, 4) is 0 Å². The van der Waals surface area contributed by atoms with Gasteiger partial charge in [-0.2, -0.15) is 0 Å². The molecule has 2 unspecified atom stereocenters. The van der Waals surface area contributed by atoms with Gasteiger partial charge in [-0.3, -0.25) is 4.79 Å². The first-order valence-corrected chi connectivity index (χ1v) is 3.72. The van der Waals surface area contributed by atoms with Crippen LogP contribution in [-0.2, 0) is 9.53 Å². The second kappa shape index (κ2) is 3.83. The Kier molecular flexibility index (Phi) is 3.69. The summed E-state index contributed by atoms with van der Waals surface area (Å²) in [6.45, 7) is 1.91. The molecule has 0 aliphatic heterocycles. The number of rotatable bonds is 4. The van der Waals surface area contributed by atoms with E-state index in [9.17, 15) is 4.79 Å². The molecule has 0 spiro atoms. The zero-order chi connectivity index (χ0) is 9.07. The molecule has 0 aliphatic rings. The van der Waals surface area contributed by atoms with Crippen molar-refractivity contribution in [1.29, 1.82) is 0 Å². The summed E-state index contributed by atoms with van der Waals surface area (Å²) in [4.78, 5) is 10.7. The number of hydrogen-bond donors (Lipinski definition) is 0. The van der Waals surface area contributed by atoms with Crippen molar-refractivity contribution in [2.75, 3.05) is 28.3 Å². The van der Waals surface area contributed by atoms with Crippen molar-refractivity contribution < 1.29 is 14.0 Å². The molecule has 2 atom stereocenters. The summed E-state index contributed by atoms with van der Waals surface area (Å²) in [6.07, 6.45) is 0.932. The monoisotopic (exact) mass is 160 g/mol. The number of quaternary nitrogens is 1. The summed E-state index contributed by atoms with van der Waals surface area (Å²) in [5.41, 5.74) is 0. The molecule has 0 rings (SSSR count). The van der Waals surface area contributed by atoms with Crippen LogP contribution in [0.15, 0.2) is 0 Å². The summed E-state index contributed by atoms with van der Waals surface area (Å²) in [6, 6.07) is -0.0833. The van der Waals surface area contributed by atoms with E-state index in [1.54, 1.807) is 7.11 Å². The Balaban J connectivity index is 4.28. The van der Waals surface area contributed by atoms with E-state index in [1.807, 2.05) is 28.1 Å². The maximum atomic E-state index is 10.7. The molecule has 0 aliphatic carbocycles. The van der Waals surface area contributed by atoms with Crippen molar-refractivity contribution >= 4 is 6.29 Å². The largest absolute Gasteiger partial charge is 0.375 e. The van der Waals surface area contributed by atoms with E-state index in [2.05, 4.69) is 0 Å². The van der Waals surface area contributed by atoms with Gasteiger partial charge in [-0.1, -0.05) is 0 Å². The van der Waals surface area contributed by atoms with Crippen molar-refractivity contribution in [3.05, 3.63) is 0 Å². The molecule has 0 aromatic carbocycles. The minimum Gasteiger partial charge on any atom is -0.375 e. The Labute approximate surface area is 68.5 Å². The summed E-state index contributed by atoms with van der Waals surface area (Å²) < 4.78 is 5.69. The fourth-order valence-electron chi connectivity index (χ4n) is 1.06. The highest BCUT2D eigenvalue weighted by Crippen LogP contribution is 2.07. The molecule has 0 N–H and O–H groups in total. The predicted molar refractivity (Wildman–Crippen MR) is 44.4 cm³/mol. The molecule has 0 saturated heterocycles. The van der Waals surface area contributed by atoms with Crippen LogP contribution in [0.3, 0.4) is 0 Å². The molecule has 3 nitrogen and oxygen atoms in total. The lowest BCUT2D eigenvalue weighted by Gasteiger charge is -2.33. The van der Waals surface area contributed by atoms with E-state index < -0.39 is 0 Å². The second-order valence-electron chi connectivity index (χ2n) is 3.68.